The number of aromatic nitrogens is 2. The first-order valence-corrected chi connectivity index (χ1v) is 9.06. The van der Waals surface area contributed by atoms with Crippen molar-refractivity contribution < 1.29 is 9.47 Å². The molecule has 2 aliphatic heterocycles. The molecule has 2 aliphatic rings. The fourth-order valence-corrected chi connectivity index (χ4v) is 3.44. The first-order chi connectivity index (χ1) is 12.8. The van der Waals surface area contributed by atoms with Crippen molar-refractivity contribution in [3.05, 3.63) is 48.3 Å². The highest BCUT2D eigenvalue weighted by molar-refractivity contribution is 5.69. The summed E-state index contributed by atoms with van der Waals surface area (Å²) in [4.78, 5) is 13.5. The van der Waals surface area contributed by atoms with E-state index >= 15 is 0 Å². The Kier molecular flexibility index (Phi) is 5.02. The molecule has 0 radical (unpaired) electrons. The third-order valence-corrected chi connectivity index (χ3v) is 4.95. The van der Waals surface area contributed by atoms with Gasteiger partial charge in [-0.1, -0.05) is 18.2 Å². The third kappa shape index (κ3) is 3.65. The highest BCUT2D eigenvalue weighted by Gasteiger charge is 2.18. The molecule has 0 unspecified atom stereocenters. The summed E-state index contributed by atoms with van der Waals surface area (Å²) < 4.78 is 10.8. The SMILES string of the molecule is COc1cccc(C2=CCN(c3cc(N4CCOCC4)ncn3)CC2)c1. The Morgan fingerprint density at radius 2 is 1.81 bits per heavy atom. The summed E-state index contributed by atoms with van der Waals surface area (Å²) in [5, 5.41) is 0. The molecule has 0 bridgehead atoms. The van der Waals surface area contributed by atoms with Crippen LogP contribution >= 0.6 is 0 Å². The largest absolute Gasteiger partial charge is 0.497 e. The number of nitrogens with zero attached hydrogens (tertiary/aromatic N) is 4. The van der Waals surface area contributed by atoms with Gasteiger partial charge in [0.2, 0.25) is 0 Å². The van der Waals surface area contributed by atoms with Gasteiger partial charge >= 0.3 is 0 Å². The third-order valence-electron chi connectivity index (χ3n) is 4.95. The monoisotopic (exact) mass is 352 g/mol. The van der Waals surface area contributed by atoms with Gasteiger partial charge in [0, 0.05) is 32.2 Å². The summed E-state index contributed by atoms with van der Waals surface area (Å²) in [5.74, 6) is 2.88. The van der Waals surface area contributed by atoms with E-state index in [-0.39, 0.29) is 0 Å². The van der Waals surface area contributed by atoms with Crippen LogP contribution in [-0.4, -0.2) is 56.5 Å². The molecule has 2 aromatic rings. The minimum Gasteiger partial charge on any atom is -0.497 e. The lowest BCUT2D eigenvalue weighted by atomic mass is 9.99. The minimum atomic E-state index is 0.760. The number of morpholine rings is 1. The molecule has 136 valence electrons. The van der Waals surface area contributed by atoms with Crippen molar-refractivity contribution in [2.75, 3.05) is 56.3 Å². The molecule has 26 heavy (non-hydrogen) atoms. The maximum absolute atomic E-state index is 5.43. The number of rotatable bonds is 4. The van der Waals surface area contributed by atoms with E-state index in [9.17, 15) is 0 Å². The Morgan fingerprint density at radius 3 is 2.54 bits per heavy atom. The molecule has 3 heterocycles. The molecule has 1 saturated heterocycles. The van der Waals surface area contributed by atoms with Crippen molar-refractivity contribution in [3.8, 4) is 5.75 Å². The predicted octanol–water partition coefficient (Wildman–Crippen LogP) is 2.62. The van der Waals surface area contributed by atoms with Gasteiger partial charge in [-0.05, 0) is 29.7 Å². The van der Waals surface area contributed by atoms with Crippen LogP contribution in [0.25, 0.3) is 5.57 Å². The Bertz CT molecular complexity index is 787. The van der Waals surface area contributed by atoms with E-state index in [1.807, 2.05) is 12.1 Å². The number of methoxy groups -OCH3 is 1. The Morgan fingerprint density at radius 1 is 1.00 bits per heavy atom. The number of benzene rings is 1. The summed E-state index contributed by atoms with van der Waals surface area (Å²) in [6.45, 7) is 5.09. The van der Waals surface area contributed by atoms with Gasteiger partial charge in [0.15, 0.2) is 0 Å². The van der Waals surface area contributed by atoms with Gasteiger partial charge in [-0.25, -0.2) is 9.97 Å². The Balaban J connectivity index is 1.48. The second kappa shape index (κ2) is 7.74. The standard InChI is InChI=1S/C20H24N4O2/c1-25-18-4-2-3-17(13-18)16-5-7-23(8-6-16)19-14-20(22-15-21-19)24-9-11-26-12-10-24/h2-5,13-15H,6-12H2,1H3. The van der Waals surface area contributed by atoms with E-state index in [0.717, 1.165) is 63.2 Å². The quantitative estimate of drug-likeness (QED) is 0.843. The van der Waals surface area contributed by atoms with Crippen LogP contribution in [0.3, 0.4) is 0 Å². The lowest BCUT2D eigenvalue weighted by Crippen LogP contribution is -2.37. The summed E-state index contributed by atoms with van der Waals surface area (Å²) in [6, 6.07) is 10.4. The van der Waals surface area contributed by atoms with Crippen LogP contribution in [0.2, 0.25) is 0 Å². The van der Waals surface area contributed by atoms with E-state index in [1.54, 1.807) is 13.4 Å². The van der Waals surface area contributed by atoms with E-state index in [1.165, 1.54) is 11.1 Å². The summed E-state index contributed by atoms with van der Waals surface area (Å²) >= 11 is 0. The fraction of sp³-hybridized carbons (Fsp3) is 0.400. The number of hydrogen-bond donors (Lipinski definition) is 0. The second-order valence-corrected chi connectivity index (χ2v) is 6.49. The van der Waals surface area contributed by atoms with Crippen molar-refractivity contribution in [2.45, 2.75) is 6.42 Å². The highest BCUT2D eigenvalue weighted by Crippen LogP contribution is 2.28. The van der Waals surface area contributed by atoms with Crippen LogP contribution in [0.1, 0.15) is 12.0 Å². The fourth-order valence-electron chi connectivity index (χ4n) is 3.44. The zero-order chi connectivity index (χ0) is 17.8. The van der Waals surface area contributed by atoms with Gasteiger partial charge in [0.25, 0.3) is 0 Å². The second-order valence-electron chi connectivity index (χ2n) is 6.49. The van der Waals surface area contributed by atoms with Gasteiger partial charge in [-0.2, -0.15) is 0 Å². The molecule has 0 N–H and O–H groups in total. The molecule has 0 amide bonds. The van der Waals surface area contributed by atoms with E-state index < -0.39 is 0 Å². The first kappa shape index (κ1) is 16.8. The molecule has 0 atom stereocenters. The number of anilines is 2. The topological polar surface area (TPSA) is 50.7 Å². The number of hydrogen-bond acceptors (Lipinski definition) is 6. The number of ether oxygens (including phenoxy) is 2. The van der Waals surface area contributed by atoms with Crippen LogP contribution in [0.15, 0.2) is 42.7 Å². The van der Waals surface area contributed by atoms with E-state index in [2.05, 4.69) is 44.0 Å². The van der Waals surface area contributed by atoms with Crippen LogP contribution in [0, 0.1) is 0 Å². The van der Waals surface area contributed by atoms with Gasteiger partial charge in [0.05, 0.1) is 20.3 Å². The lowest BCUT2D eigenvalue weighted by Gasteiger charge is -2.30. The Hall–Kier alpha value is -2.60. The average Bonchev–Trinajstić information content (AvgIpc) is 2.75. The molecule has 4 rings (SSSR count). The van der Waals surface area contributed by atoms with Crippen LogP contribution in [-0.2, 0) is 4.74 Å². The Labute approximate surface area is 154 Å². The van der Waals surface area contributed by atoms with Gasteiger partial charge in [-0.15, -0.1) is 0 Å². The van der Waals surface area contributed by atoms with Gasteiger partial charge < -0.3 is 19.3 Å². The average molecular weight is 352 g/mol. The molecular formula is C20H24N4O2. The minimum absolute atomic E-state index is 0.760. The van der Waals surface area contributed by atoms with Crippen molar-refractivity contribution in [2.24, 2.45) is 0 Å². The van der Waals surface area contributed by atoms with E-state index in [0.29, 0.717) is 0 Å². The lowest BCUT2D eigenvalue weighted by molar-refractivity contribution is 0.122. The molecule has 1 aromatic carbocycles. The van der Waals surface area contributed by atoms with E-state index in [4.69, 9.17) is 9.47 Å². The molecule has 0 spiro atoms. The maximum Gasteiger partial charge on any atom is 0.134 e. The normalized spacial score (nSPS) is 17.8. The van der Waals surface area contributed by atoms with Crippen LogP contribution in [0.4, 0.5) is 11.6 Å². The van der Waals surface area contributed by atoms with Crippen molar-refractivity contribution in [1.82, 2.24) is 9.97 Å². The van der Waals surface area contributed by atoms with Gasteiger partial charge in [0.1, 0.15) is 23.7 Å². The first-order valence-electron chi connectivity index (χ1n) is 9.06. The molecule has 0 saturated carbocycles. The van der Waals surface area contributed by atoms with Crippen LogP contribution in [0.5, 0.6) is 5.75 Å². The molecule has 1 aromatic heterocycles. The highest BCUT2D eigenvalue weighted by atomic mass is 16.5. The summed E-state index contributed by atoms with van der Waals surface area (Å²) in [7, 11) is 1.71. The van der Waals surface area contributed by atoms with Gasteiger partial charge in [-0.3, -0.25) is 0 Å². The molecule has 6 heteroatoms. The molecule has 0 aliphatic carbocycles. The van der Waals surface area contributed by atoms with Crippen LogP contribution < -0.4 is 14.5 Å². The van der Waals surface area contributed by atoms with Crippen molar-refractivity contribution in [3.63, 3.8) is 0 Å². The summed E-state index contributed by atoms with van der Waals surface area (Å²) in [5.41, 5.74) is 2.60. The molecular weight excluding hydrogens is 328 g/mol. The van der Waals surface area contributed by atoms with Crippen molar-refractivity contribution >= 4 is 17.2 Å². The summed E-state index contributed by atoms with van der Waals surface area (Å²) in [6.07, 6.45) is 4.94. The zero-order valence-corrected chi connectivity index (χ0v) is 15.1. The smallest absolute Gasteiger partial charge is 0.134 e. The van der Waals surface area contributed by atoms with Crippen molar-refractivity contribution in [1.29, 1.82) is 0 Å². The maximum atomic E-state index is 5.43. The molecule has 1 fully saturated rings. The molecule has 6 nitrogen and oxygen atoms in total. The predicted molar refractivity (Wildman–Crippen MR) is 103 cm³/mol. The zero-order valence-electron chi connectivity index (χ0n) is 15.1.